The van der Waals surface area contributed by atoms with E-state index in [1.54, 1.807) is 19.1 Å². The molecule has 2 aliphatic rings. The van der Waals surface area contributed by atoms with Crippen LogP contribution in [0.3, 0.4) is 0 Å². The molecule has 0 N–H and O–H groups in total. The van der Waals surface area contributed by atoms with Gasteiger partial charge < -0.3 is 14.2 Å². The van der Waals surface area contributed by atoms with Crippen LogP contribution in [0, 0.1) is 0 Å². The van der Waals surface area contributed by atoms with E-state index in [0.717, 1.165) is 44.8 Å². The molecule has 2 aliphatic heterocycles. The first kappa shape index (κ1) is 20.1. The van der Waals surface area contributed by atoms with Crippen LogP contribution in [0.4, 0.5) is 0 Å². The number of morpholine rings is 1. The van der Waals surface area contributed by atoms with Crippen molar-refractivity contribution in [1.29, 1.82) is 0 Å². The van der Waals surface area contributed by atoms with Crippen molar-refractivity contribution in [3.8, 4) is 11.5 Å². The van der Waals surface area contributed by atoms with E-state index >= 15 is 0 Å². The molecule has 0 bridgehead atoms. The summed E-state index contributed by atoms with van der Waals surface area (Å²) in [5, 5.41) is 0. The van der Waals surface area contributed by atoms with Crippen molar-refractivity contribution in [2.45, 2.75) is 6.42 Å². The van der Waals surface area contributed by atoms with Crippen LogP contribution in [0.1, 0.15) is 12.0 Å². The number of carbonyl (C=O) groups excluding carboxylic acids is 1. The summed E-state index contributed by atoms with van der Waals surface area (Å²) >= 11 is 6.76. The van der Waals surface area contributed by atoms with E-state index in [1.165, 1.54) is 11.8 Å². The maximum absolute atomic E-state index is 12.8. The van der Waals surface area contributed by atoms with Crippen molar-refractivity contribution in [1.82, 2.24) is 9.80 Å². The number of thioether (sulfide) groups is 1. The molecule has 8 heteroatoms. The van der Waals surface area contributed by atoms with Crippen molar-refractivity contribution in [3.63, 3.8) is 0 Å². The summed E-state index contributed by atoms with van der Waals surface area (Å²) in [7, 11) is 3.18. The molecule has 6 nitrogen and oxygen atoms in total. The number of hydrogen-bond acceptors (Lipinski definition) is 7. The zero-order valence-electron chi connectivity index (χ0n) is 15.6. The van der Waals surface area contributed by atoms with Gasteiger partial charge in [-0.1, -0.05) is 36.1 Å². The lowest BCUT2D eigenvalue weighted by molar-refractivity contribution is -0.122. The first-order valence-corrected chi connectivity index (χ1v) is 10.1. The number of amides is 1. The molecule has 1 aromatic carbocycles. The molecule has 27 heavy (non-hydrogen) atoms. The summed E-state index contributed by atoms with van der Waals surface area (Å²) in [6.45, 7) is 5.05. The highest BCUT2D eigenvalue weighted by molar-refractivity contribution is 8.26. The number of para-hydroxylation sites is 1. The topological polar surface area (TPSA) is 51.2 Å². The quantitative estimate of drug-likeness (QED) is 0.508. The second kappa shape index (κ2) is 9.54. The highest BCUT2D eigenvalue weighted by Crippen LogP contribution is 2.37. The fourth-order valence-electron chi connectivity index (χ4n) is 3.14. The van der Waals surface area contributed by atoms with Crippen LogP contribution in [0.5, 0.6) is 11.5 Å². The summed E-state index contributed by atoms with van der Waals surface area (Å²) in [5.41, 5.74) is 0.797. The molecule has 146 valence electrons. The Labute approximate surface area is 169 Å². The van der Waals surface area contributed by atoms with Gasteiger partial charge in [0.05, 0.1) is 32.3 Å². The summed E-state index contributed by atoms with van der Waals surface area (Å²) in [6, 6.07) is 5.59. The van der Waals surface area contributed by atoms with Gasteiger partial charge in [0.15, 0.2) is 11.5 Å². The number of nitrogens with zero attached hydrogens (tertiary/aromatic N) is 2. The van der Waals surface area contributed by atoms with Gasteiger partial charge in [-0.25, -0.2) is 0 Å². The maximum atomic E-state index is 12.8. The second-order valence-corrected chi connectivity index (χ2v) is 7.90. The fraction of sp³-hybridized carbons (Fsp3) is 0.474. The van der Waals surface area contributed by atoms with E-state index in [1.807, 2.05) is 24.3 Å². The molecule has 0 radical (unpaired) electrons. The first-order valence-electron chi connectivity index (χ1n) is 8.90. The minimum atomic E-state index is -0.0446. The number of thiocarbonyl (C=S) groups is 1. The number of methoxy groups -OCH3 is 2. The smallest absolute Gasteiger partial charge is 0.266 e. The molecular weight excluding hydrogens is 384 g/mol. The van der Waals surface area contributed by atoms with E-state index in [-0.39, 0.29) is 5.91 Å². The van der Waals surface area contributed by atoms with Gasteiger partial charge in [-0.05, 0) is 18.6 Å². The van der Waals surface area contributed by atoms with Crippen LogP contribution in [-0.2, 0) is 9.53 Å². The van der Waals surface area contributed by atoms with Gasteiger partial charge in [-0.15, -0.1) is 0 Å². The monoisotopic (exact) mass is 408 g/mol. The minimum Gasteiger partial charge on any atom is -0.493 e. The van der Waals surface area contributed by atoms with Crippen molar-refractivity contribution >= 4 is 40.3 Å². The zero-order valence-corrected chi connectivity index (χ0v) is 17.2. The molecule has 1 amide bonds. The Morgan fingerprint density at radius 1 is 1.22 bits per heavy atom. The van der Waals surface area contributed by atoms with Crippen LogP contribution in [0.2, 0.25) is 0 Å². The van der Waals surface area contributed by atoms with E-state index in [2.05, 4.69) is 4.90 Å². The summed E-state index contributed by atoms with van der Waals surface area (Å²) in [6.07, 6.45) is 2.71. The maximum Gasteiger partial charge on any atom is 0.266 e. The number of hydrogen-bond donors (Lipinski definition) is 0. The molecule has 0 unspecified atom stereocenters. The molecule has 0 saturated carbocycles. The van der Waals surface area contributed by atoms with Gasteiger partial charge in [-0.3, -0.25) is 14.6 Å². The molecular formula is C19H24N2O4S2. The highest BCUT2D eigenvalue weighted by atomic mass is 32.2. The van der Waals surface area contributed by atoms with Crippen LogP contribution in [0.25, 0.3) is 6.08 Å². The Bertz CT molecular complexity index is 732. The predicted molar refractivity (Wildman–Crippen MR) is 111 cm³/mol. The van der Waals surface area contributed by atoms with Crippen molar-refractivity contribution in [3.05, 3.63) is 28.7 Å². The molecule has 3 rings (SSSR count). The van der Waals surface area contributed by atoms with Gasteiger partial charge in [-0.2, -0.15) is 0 Å². The van der Waals surface area contributed by atoms with Gasteiger partial charge in [0.2, 0.25) is 0 Å². The summed E-state index contributed by atoms with van der Waals surface area (Å²) < 4.78 is 16.7. The lowest BCUT2D eigenvalue weighted by Gasteiger charge is -2.27. The SMILES string of the molecule is COc1cccc(/C=C2/SC(=S)N(CCCN3CCOCC3)C2=O)c1OC. The van der Waals surface area contributed by atoms with Crippen LogP contribution < -0.4 is 9.47 Å². The average molecular weight is 409 g/mol. The van der Waals surface area contributed by atoms with Gasteiger partial charge >= 0.3 is 0 Å². The molecule has 0 aromatic heterocycles. The molecule has 2 saturated heterocycles. The third kappa shape index (κ3) is 4.82. The number of carbonyl (C=O) groups is 1. The number of benzene rings is 1. The molecule has 2 fully saturated rings. The number of ether oxygens (including phenoxy) is 3. The van der Waals surface area contributed by atoms with Crippen LogP contribution in [0.15, 0.2) is 23.1 Å². The molecule has 1 aromatic rings. The van der Waals surface area contributed by atoms with E-state index in [0.29, 0.717) is 27.3 Å². The Morgan fingerprint density at radius 3 is 2.70 bits per heavy atom. The Hall–Kier alpha value is -1.61. The standard InChI is InChI=1S/C19H24N2O4S2/c1-23-15-6-3-5-14(17(15)24-2)13-16-18(22)21(19(26)27-16)8-4-7-20-9-11-25-12-10-20/h3,5-6,13H,4,7-12H2,1-2H3/b16-13+. The van der Waals surface area contributed by atoms with Crippen molar-refractivity contribution < 1.29 is 19.0 Å². The minimum absolute atomic E-state index is 0.0446. The average Bonchev–Trinajstić information content (AvgIpc) is 2.96. The largest absolute Gasteiger partial charge is 0.493 e. The van der Waals surface area contributed by atoms with Crippen molar-refractivity contribution in [2.24, 2.45) is 0 Å². The lowest BCUT2D eigenvalue weighted by Crippen LogP contribution is -2.38. The highest BCUT2D eigenvalue weighted by Gasteiger charge is 2.32. The second-order valence-electron chi connectivity index (χ2n) is 6.22. The van der Waals surface area contributed by atoms with Gasteiger partial charge in [0.1, 0.15) is 4.32 Å². The molecule has 0 spiro atoms. The lowest BCUT2D eigenvalue weighted by atomic mass is 10.1. The Balaban J connectivity index is 1.66. The molecule has 0 atom stereocenters. The summed E-state index contributed by atoms with van der Waals surface area (Å²) in [5.74, 6) is 1.20. The number of rotatable bonds is 7. The van der Waals surface area contributed by atoms with Gasteiger partial charge in [0.25, 0.3) is 5.91 Å². The molecule has 0 aliphatic carbocycles. The van der Waals surface area contributed by atoms with E-state index in [9.17, 15) is 4.79 Å². The summed E-state index contributed by atoms with van der Waals surface area (Å²) in [4.78, 5) is 17.5. The van der Waals surface area contributed by atoms with Crippen molar-refractivity contribution in [2.75, 3.05) is 53.6 Å². The zero-order chi connectivity index (χ0) is 19.2. The fourth-order valence-corrected chi connectivity index (χ4v) is 4.44. The normalized spacial score (nSPS) is 19.8. The first-order chi connectivity index (χ1) is 13.1. The third-order valence-corrected chi connectivity index (χ3v) is 5.93. The Kier molecular flexibility index (Phi) is 7.12. The van der Waals surface area contributed by atoms with E-state index < -0.39 is 0 Å². The van der Waals surface area contributed by atoms with E-state index in [4.69, 9.17) is 26.4 Å². The predicted octanol–water partition coefficient (Wildman–Crippen LogP) is 2.63. The third-order valence-electron chi connectivity index (χ3n) is 4.55. The Morgan fingerprint density at radius 2 is 2.00 bits per heavy atom. The van der Waals surface area contributed by atoms with Crippen LogP contribution in [-0.4, -0.2) is 73.6 Å². The molecule has 2 heterocycles. The van der Waals surface area contributed by atoms with Crippen LogP contribution >= 0.6 is 24.0 Å². The van der Waals surface area contributed by atoms with Gasteiger partial charge in [0, 0.05) is 31.7 Å².